The average molecular weight is 285 g/mol. The zero-order chi connectivity index (χ0) is 14.4. The van der Waals surface area contributed by atoms with E-state index in [2.05, 4.69) is 15.6 Å². The van der Waals surface area contributed by atoms with Gasteiger partial charge in [0, 0.05) is 0 Å². The maximum absolute atomic E-state index is 12.1. The van der Waals surface area contributed by atoms with Crippen molar-refractivity contribution in [3.63, 3.8) is 0 Å². The summed E-state index contributed by atoms with van der Waals surface area (Å²) in [5.41, 5.74) is 5.05. The normalized spacial score (nSPS) is 31.8. The van der Waals surface area contributed by atoms with E-state index in [1.807, 2.05) is 0 Å². The highest BCUT2D eigenvalue weighted by molar-refractivity contribution is 5.68. The number of rotatable bonds is 1. The van der Waals surface area contributed by atoms with Crippen LogP contribution in [0.25, 0.3) is 0 Å². The second kappa shape index (κ2) is 4.59. The van der Waals surface area contributed by atoms with Gasteiger partial charge in [-0.25, -0.2) is 0 Å². The molecule has 0 aliphatic carbocycles. The van der Waals surface area contributed by atoms with Crippen molar-refractivity contribution in [3.8, 4) is 0 Å². The minimum absolute atomic E-state index is 0.0322. The van der Waals surface area contributed by atoms with E-state index in [-0.39, 0.29) is 24.1 Å². The molecule has 20 heavy (non-hydrogen) atoms. The number of nitrogen functional groups attached to an aromatic ring is 1. The monoisotopic (exact) mass is 285 g/mol. The van der Waals surface area contributed by atoms with Crippen LogP contribution in [0.5, 0.6) is 0 Å². The molecule has 1 saturated heterocycles. The van der Waals surface area contributed by atoms with E-state index in [0.717, 1.165) is 4.57 Å². The predicted molar refractivity (Wildman–Crippen MR) is 67.9 cm³/mol. The van der Waals surface area contributed by atoms with Crippen LogP contribution in [0.15, 0.2) is 4.79 Å². The lowest BCUT2D eigenvalue weighted by molar-refractivity contribution is -0.121. The Morgan fingerprint density at radius 1 is 1.45 bits per heavy atom. The highest BCUT2D eigenvalue weighted by atomic mass is 16.5. The zero-order valence-electron chi connectivity index (χ0n) is 10.4. The van der Waals surface area contributed by atoms with Gasteiger partial charge in [-0.2, -0.15) is 4.98 Å². The Hall–Kier alpha value is -1.88. The summed E-state index contributed by atoms with van der Waals surface area (Å²) in [6.45, 7) is -0.641. The van der Waals surface area contributed by atoms with E-state index < -0.39 is 36.8 Å². The van der Waals surface area contributed by atoms with Crippen molar-refractivity contribution >= 4 is 17.5 Å². The molecular weight excluding hydrogens is 270 g/mol. The van der Waals surface area contributed by atoms with Crippen LogP contribution in [0.2, 0.25) is 0 Å². The van der Waals surface area contributed by atoms with Gasteiger partial charge in [-0.1, -0.05) is 0 Å². The first-order chi connectivity index (χ1) is 9.52. The molecule has 4 atom stereocenters. The van der Waals surface area contributed by atoms with E-state index >= 15 is 0 Å². The number of nitrogens with two attached hydrogens (primary N) is 1. The molecule has 3 heterocycles. The fourth-order valence-corrected chi connectivity index (χ4v) is 2.36. The lowest BCUT2D eigenvalue weighted by Gasteiger charge is -2.42. The van der Waals surface area contributed by atoms with Gasteiger partial charge in [-0.3, -0.25) is 9.36 Å². The number of hydrogen-bond acceptors (Lipinski definition) is 9. The standard InChI is InChI=1S/C10H15N5O5/c11-10-14-7-5(9(19)15(10)2-16)12-4-6(18)3(17)1-20-8(4)13-7/h3-4,6,8,12-13,16-18H,1-2H2,(H2,11,14). The summed E-state index contributed by atoms with van der Waals surface area (Å²) >= 11 is 0. The van der Waals surface area contributed by atoms with Crippen molar-refractivity contribution in [1.29, 1.82) is 0 Å². The summed E-state index contributed by atoms with van der Waals surface area (Å²) in [7, 11) is 0. The summed E-state index contributed by atoms with van der Waals surface area (Å²) in [5, 5.41) is 34.2. The molecule has 10 nitrogen and oxygen atoms in total. The van der Waals surface area contributed by atoms with Crippen molar-refractivity contribution in [2.24, 2.45) is 0 Å². The Labute approximate surface area is 112 Å². The van der Waals surface area contributed by atoms with Crippen molar-refractivity contribution in [3.05, 3.63) is 10.4 Å². The van der Waals surface area contributed by atoms with E-state index in [1.165, 1.54) is 0 Å². The van der Waals surface area contributed by atoms with Crippen molar-refractivity contribution < 1.29 is 20.1 Å². The second-order valence-corrected chi connectivity index (χ2v) is 4.69. The van der Waals surface area contributed by atoms with Crippen LogP contribution in [0, 0.1) is 0 Å². The maximum atomic E-state index is 12.1. The van der Waals surface area contributed by atoms with Crippen LogP contribution in [-0.2, 0) is 11.5 Å². The molecule has 3 rings (SSSR count). The molecule has 1 fully saturated rings. The number of aliphatic hydroxyl groups excluding tert-OH is 3. The van der Waals surface area contributed by atoms with Crippen molar-refractivity contribution in [1.82, 2.24) is 9.55 Å². The number of ether oxygens (including phenoxy) is 1. The molecule has 2 aliphatic heterocycles. The predicted octanol–water partition coefficient (Wildman–Crippen LogP) is -2.94. The molecule has 0 radical (unpaired) electrons. The Morgan fingerprint density at radius 2 is 2.20 bits per heavy atom. The number of nitrogens with one attached hydrogen (secondary N) is 2. The Balaban J connectivity index is 2.03. The number of anilines is 3. The third kappa shape index (κ3) is 1.81. The number of aliphatic hydroxyl groups is 3. The van der Waals surface area contributed by atoms with Crippen LogP contribution in [-0.4, -0.2) is 56.0 Å². The fraction of sp³-hybridized carbons (Fsp3) is 0.600. The topological polar surface area (TPSA) is 155 Å². The first kappa shape index (κ1) is 13.1. The molecule has 110 valence electrons. The molecule has 4 unspecified atom stereocenters. The molecule has 0 aromatic carbocycles. The molecule has 0 spiro atoms. The van der Waals surface area contributed by atoms with Gasteiger partial charge in [-0.15, -0.1) is 0 Å². The highest BCUT2D eigenvalue weighted by Crippen LogP contribution is 2.29. The van der Waals surface area contributed by atoms with E-state index in [9.17, 15) is 15.0 Å². The molecule has 1 aromatic heterocycles. The Morgan fingerprint density at radius 3 is 2.90 bits per heavy atom. The van der Waals surface area contributed by atoms with Crippen molar-refractivity contribution in [2.75, 3.05) is 23.0 Å². The lowest BCUT2D eigenvalue weighted by atomic mass is 9.99. The lowest BCUT2D eigenvalue weighted by Crippen LogP contribution is -2.61. The Bertz CT molecular complexity index is 590. The van der Waals surface area contributed by atoms with Crippen LogP contribution in [0.3, 0.4) is 0 Å². The quantitative estimate of drug-likeness (QED) is 0.318. The average Bonchev–Trinajstić information content (AvgIpc) is 2.42. The minimum Gasteiger partial charge on any atom is -0.388 e. The van der Waals surface area contributed by atoms with Crippen LogP contribution in [0.1, 0.15) is 0 Å². The fourth-order valence-electron chi connectivity index (χ4n) is 2.36. The SMILES string of the molecule is Nc1nc2c(c(=O)n1CO)NC1C(N2)OCC(O)C1O. The van der Waals surface area contributed by atoms with Crippen molar-refractivity contribution in [2.45, 2.75) is 31.2 Å². The van der Waals surface area contributed by atoms with Gasteiger partial charge in [0.1, 0.15) is 24.6 Å². The van der Waals surface area contributed by atoms with Gasteiger partial charge < -0.3 is 36.4 Å². The Kier molecular flexibility index (Phi) is 3.01. The molecule has 0 bridgehead atoms. The molecule has 7 N–H and O–H groups in total. The molecule has 10 heteroatoms. The van der Waals surface area contributed by atoms with E-state index in [4.69, 9.17) is 15.6 Å². The summed E-state index contributed by atoms with van der Waals surface area (Å²) in [6, 6.07) is -0.712. The van der Waals surface area contributed by atoms with Gasteiger partial charge in [0.2, 0.25) is 5.95 Å². The number of hydrogen-bond donors (Lipinski definition) is 6. The molecule has 0 amide bonds. The first-order valence-corrected chi connectivity index (χ1v) is 6.05. The van der Waals surface area contributed by atoms with E-state index in [0.29, 0.717) is 0 Å². The van der Waals surface area contributed by atoms with Crippen LogP contribution in [0.4, 0.5) is 17.5 Å². The number of aromatic nitrogens is 2. The maximum Gasteiger partial charge on any atom is 0.282 e. The van der Waals surface area contributed by atoms with Gasteiger partial charge in [0.05, 0.1) is 12.6 Å². The van der Waals surface area contributed by atoms with Gasteiger partial charge >= 0.3 is 0 Å². The van der Waals surface area contributed by atoms with Gasteiger partial charge in [0.25, 0.3) is 5.56 Å². The first-order valence-electron chi connectivity index (χ1n) is 6.05. The van der Waals surface area contributed by atoms with E-state index in [1.54, 1.807) is 0 Å². The molecule has 1 aromatic rings. The number of fused-ring (bicyclic) bond motifs is 2. The summed E-state index contributed by atoms with van der Waals surface area (Å²) < 4.78 is 6.21. The highest BCUT2D eigenvalue weighted by Gasteiger charge is 2.42. The molecule has 2 aliphatic rings. The molecular formula is C10H15N5O5. The smallest absolute Gasteiger partial charge is 0.282 e. The summed E-state index contributed by atoms with van der Waals surface area (Å²) in [5.74, 6) is 0.0439. The van der Waals surface area contributed by atoms with Gasteiger partial charge in [-0.05, 0) is 0 Å². The van der Waals surface area contributed by atoms with Crippen LogP contribution < -0.4 is 21.9 Å². The summed E-state index contributed by atoms with van der Waals surface area (Å²) in [4.78, 5) is 16.1. The number of nitrogens with zero attached hydrogens (tertiary/aromatic N) is 2. The summed E-state index contributed by atoms with van der Waals surface area (Å²) in [6.07, 6.45) is -2.79. The second-order valence-electron chi connectivity index (χ2n) is 4.69. The zero-order valence-corrected chi connectivity index (χ0v) is 10.4. The largest absolute Gasteiger partial charge is 0.388 e. The third-order valence-electron chi connectivity index (χ3n) is 3.46. The third-order valence-corrected chi connectivity index (χ3v) is 3.46. The minimum atomic E-state index is -1.10. The van der Waals surface area contributed by atoms with Crippen LogP contribution >= 0.6 is 0 Å². The van der Waals surface area contributed by atoms with Gasteiger partial charge in [0.15, 0.2) is 12.0 Å². The molecule has 0 saturated carbocycles.